The van der Waals surface area contributed by atoms with Gasteiger partial charge in [-0.2, -0.15) is 0 Å². The highest BCUT2D eigenvalue weighted by Crippen LogP contribution is 2.40. The van der Waals surface area contributed by atoms with E-state index in [0.29, 0.717) is 25.8 Å². The molecule has 1 aromatic heterocycles. The summed E-state index contributed by atoms with van der Waals surface area (Å²) in [6, 6.07) is 0. The van der Waals surface area contributed by atoms with E-state index in [1.165, 1.54) is 17.9 Å². The molecule has 0 aliphatic carbocycles. The number of aliphatic hydroxyl groups is 1. The number of hydrogen-bond acceptors (Lipinski definition) is 7. The number of carbonyl (C=O) groups excluding carboxylic acids is 2. The van der Waals surface area contributed by atoms with Gasteiger partial charge in [0.15, 0.2) is 0 Å². The van der Waals surface area contributed by atoms with Crippen LogP contribution >= 0.6 is 0 Å². The minimum atomic E-state index is -0.753. The van der Waals surface area contributed by atoms with Gasteiger partial charge in [-0.1, -0.05) is 13.0 Å². The van der Waals surface area contributed by atoms with E-state index in [0.717, 1.165) is 0 Å². The van der Waals surface area contributed by atoms with Crippen LogP contribution in [0.15, 0.2) is 28.4 Å². The molecule has 0 saturated carbocycles. The normalized spacial score (nSPS) is 22.3. The molecule has 190 valence electrons. The topological polar surface area (TPSA) is 152 Å². The molecule has 1 saturated heterocycles. The van der Waals surface area contributed by atoms with Gasteiger partial charge in [-0.15, -0.1) is 6.58 Å². The first-order chi connectivity index (χ1) is 16.0. The van der Waals surface area contributed by atoms with Crippen molar-refractivity contribution in [2.24, 2.45) is 5.92 Å². The summed E-state index contributed by atoms with van der Waals surface area (Å²) in [5.41, 5.74) is -1.52. The summed E-state index contributed by atoms with van der Waals surface area (Å²) in [5.74, 6) is -0.583. The highest BCUT2D eigenvalue weighted by atomic mass is 16.5. The fourth-order valence-corrected chi connectivity index (χ4v) is 4.05. The Balaban J connectivity index is 2.02. The fraction of sp³-hybridized carbons (Fsp3) is 0.652. The first kappa shape index (κ1) is 27.3. The lowest BCUT2D eigenvalue weighted by atomic mass is 9.90. The van der Waals surface area contributed by atoms with Crippen LogP contribution in [0, 0.1) is 5.92 Å². The molecule has 1 fully saturated rings. The number of amides is 2. The van der Waals surface area contributed by atoms with Gasteiger partial charge in [-0.05, 0) is 33.1 Å². The number of ether oxygens (including phenoxy) is 2. The monoisotopic (exact) mass is 480 g/mol. The van der Waals surface area contributed by atoms with Crippen LogP contribution in [0.4, 0.5) is 4.79 Å². The number of aliphatic hydroxyl groups excluding tert-OH is 1. The molecule has 4 atom stereocenters. The lowest BCUT2D eigenvalue weighted by molar-refractivity contribution is -0.121. The average Bonchev–Trinajstić information content (AvgIpc) is 3.07. The van der Waals surface area contributed by atoms with Gasteiger partial charge in [-0.3, -0.25) is 19.1 Å². The Hall–Kier alpha value is -2.92. The molecule has 2 rings (SSSR count). The van der Waals surface area contributed by atoms with Crippen molar-refractivity contribution >= 4 is 12.0 Å². The third-order valence-electron chi connectivity index (χ3n) is 6.02. The third-order valence-corrected chi connectivity index (χ3v) is 6.02. The third kappa shape index (κ3) is 7.04. The van der Waals surface area contributed by atoms with Crippen molar-refractivity contribution in [1.82, 2.24) is 20.2 Å². The zero-order valence-electron chi connectivity index (χ0n) is 20.3. The number of rotatable bonds is 11. The maximum Gasteiger partial charge on any atom is 0.407 e. The first-order valence-corrected chi connectivity index (χ1v) is 11.4. The largest absolute Gasteiger partial charge is 0.453 e. The van der Waals surface area contributed by atoms with Crippen molar-refractivity contribution in [3.8, 4) is 0 Å². The Bertz CT molecular complexity index is 984. The summed E-state index contributed by atoms with van der Waals surface area (Å²) in [7, 11) is 1.28. The van der Waals surface area contributed by atoms with Crippen molar-refractivity contribution in [3.63, 3.8) is 0 Å². The summed E-state index contributed by atoms with van der Waals surface area (Å²) in [6.45, 7) is 9.57. The van der Waals surface area contributed by atoms with Crippen molar-refractivity contribution in [2.75, 3.05) is 13.7 Å². The Kier molecular flexibility index (Phi) is 9.63. The van der Waals surface area contributed by atoms with Crippen LogP contribution in [0.1, 0.15) is 58.1 Å². The van der Waals surface area contributed by atoms with E-state index in [2.05, 4.69) is 26.9 Å². The molecule has 11 heteroatoms. The summed E-state index contributed by atoms with van der Waals surface area (Å²) < 4.78 is 11.8. The number of aromatic nitrogens is 2. The zero-order valence-corrected chi connectivity index (χ0v) is 20.3. The Morgan fingerprint density at radius 3 is 2.71 bits per heavy atom. The number of methoxy groups -OCH3 is 1. The van der Waals surface area contributed by atoms with Gasteiger partial charge in [-0.25, -0.2) is 9.59 Å². The van der Waals surface area contributed by atoms with Gasteiger partial charge in [0, 0.05) is 37.2 Å². The number of aromatic amines is 1. The minimum absolute atomic E-state index is 0.0146. The maximum absolute atomic E-state index is 12.5. The van der Waals surface area contributed by atoms with Crippen LogP contribution in [0.2, 0.25) is 0 Å². The number of nitrogens with zero attached hydrogens (tertiary/aromatic N) is 1. The van der Waals surface area contributed by atoms with Crippen LogP contribution in [0.5, 0.6) is 0 Å². The van der Waals surface area contributed by atoms with Gasteiger partial charge in [0.05, 0.1) is 31.0 Å². The average molecular weight is 481 g/mol. The van der Waals surface area contributed by atoms with Gasteiger partial charge >= 0.3 is 11.8 Å². The lowest BCUT2D eigenvalue weighted by Gasteiger charge is -2.25. The summed E-state index contributed by atoms with van der Waals surface area (Å²) in [4.78, 5) is 50.7. The number of H-pyrrole nitrogens is 1. The molecule has 2 amide bonds. The van der Waals surface area contributed by atoms with Crippen molar-refractivity contribution in [2.45, 2.75) is 76.9 Å². The van der Waals surface area contributed by atoms with Crippen molar-refractivity contribution in [3.05, 3.63) is 45.3 Å². The van der Waals surface area contributed by atoms with E-state index in [1.54, 1.807) is 6.08 Å². The SMILES string of the molecule is C=CCC1OC(c2cn(CCC(=O)NCCC(C)(C)NC(=O)OC)c(=O)[nH]c2=O)C(CC)C1O. The van der Waals surface area contributed by atoms with Crippen LogP contribution in [-0.4, -0.2) is 58.1 Å². The zero-order chi connectivity index (χ0) is 25.5. The molecule has 1 aromatic rings. The quantitative estimate of drug-likeness (QED) is 0.344. The van der Waals surface area contributed by atoms with E-state index in [-0.39, 0.29) is 30.4 Å². The Morgan fingerprint density at radius 1 is 1.38 bits per heavy atom. The van der Waals surface area contributed by atoms with E-state index in [9.17, 15) is 24.3 Å². The number of alkyl carbamates (subject to hydrolysis) is 1. The second-order valence-corrected chi connectivity index (χ2v) is 9.07. The second-order valence-electron chi connectivity index (χ2n) is 9.07. The second kappa shape index (κ2) is 12.0. The van der Waals surface area contributed by atoms with Crippen LogP contribution < -0.4 is 21.9 Å². The van der Waals surface area contributed by atoms with E-state index >= 15 is 0 Å². The van der Waals surface area contributed by atoms with Crippen molar-refractivity contribution < 1.29 is 24.2 Å². The highest BCUT2D eigenvalue weighted by molar-refractivity contribution is 5.75. The molecule has 2 heterocycles. The number of nitrogens with one attached hydrogen (secondary N) is 3. The predicted molar refractivity (Wildman–Crippen MR) is 125 cm³/mol. The van der Waals surface area contributed by atoms with Crippen LogP contribution in [0.25, 0.3) is 0 Å². The van der Waals surface area contributed by atoms with E-state index in [1.807, 2.05) is 20.8 Å². The molecule has 4 unspecified atom stereocenters. The Labute approximate surface area is 198 Å². The molecule has 4 N–H and O–H groups in total. The maximum atomic E-state index is 12.5. The van der Waals surface area contributed by atoms with Gasteiger partial charge in [0.1, 0.15) is 0 Å². The van der Waals surface area contributed by atoms with Gasteiger partial charge in [0.25, 0.3) is 5.56 Å². The molecule has 1 aliphatic heterocycles. The summed E-state index contributed by atoms with van der Waals surface area (Å²) in [6.07, 6.45) is 2.13. The molecule has 0 aromatic carbocycles. The number of aryl methyl sites for hydroxylation is 1. The Morgan fingerprint density at radius 2 is 2.09 bits per heavy atom. The van der Waals surface area contributed by atoms with Crippen LogP contribution in [-0.2, 0) is 20.8 Å². The van der Waals surface area contributed by atoms with E-state index < -0.39 is 41.2 Å². The fourth-order valence-electron chi connectivity index (χ4n) is 4.05. The van der Waals surface area contributed by atoms with Gasteiger partial charge in [0.2, 0.25) is 5.91 Å². The molecule has 1 aliphatic rings. The molecule has 0 radical (unpaired) electrons. The van der Waals surface area contributed by atoms with E-state index in [4.69, 9.17) is 4.74 Å². The molecule has 11 nitrogen and oxygen atoms in total. The minimum Gasteiger partial charge on any atom is -0.453 e. The molecule has 34 heavy (non-hydrogen) atoms. The smallest absolute Gasteiger partial charge is 0.407 e. The highest BCUT2D eigenvalue weighted by Gasteiger charge is 2.43. The number of hydrogen-bond donors (Lipinski definition) is 4. The molecule has 0 bridgehead atoms. The standard InChI is InChI=1S/C23H36N4O7/c1-6-8-16-18(29)14(7-2)19(34-16)15-13-27(21(31)25-20(15)30)12-9-17(28)24-11-10-23(3,4)26-22(32)33-5/h6,13-14,16,18-19,29H,1,7-12H2,2-5H3,(H,24,28)(H,26,32)(H,25,30,31). The molecular formula is C23H36N4O7. The van der Waals surface area contributed by atoms with Crippen molar-refractivity contribution in [1.29, 1.82) is 0 Å². The molecular weight excluding hydrogens is 444 g/mol. The summed E-state index contributed by atoms with van der Waals surface area (Å²) >= 11 is 0. The first-order valence-electron chi connectivity index (χ1n) is 11.4. The number of carbonyl (C=O) groups is 2. The molecule has 0 spiro atoms. The summed E-state index contributed by atoms with van der Waals surface area (Å²) in [5, 5.41) is 16.0. The predicted octanol–water partition coefficient (Wildman–Crippen LogP) is 0.971. The van der Waals surface area contributed by atoms with Crippen LogP contribution in [0.3, 0.4) is 0 Å². The lowest BCUT2D eigenvalue weighted by Crippen LogP contribution is -2.45. The van der Waals surface area contributed by atoms with Gasteiger partial charge < -0.3 is 25.2 Å².